The average Bonchev–Trinajstić information content (AvgIpc) is 2.68. The van der Waals surface area contributed by atoms with Crippen molar-refractivity contribution in [3.8, 4) is 0 Å². The topological polar surface area (TPSA) is 71.2 Å². The monoisotopic (exact) mass is 256 g/mol. The van der Waals surface area contributed by atoms with E-state index < -0.39 is 0 Å². The van der Waals surface area contributed by atoms with Crippen molar-refractivity contribution < 1.29 is 4.79 Å². The van der Waals surface area contributed by atoms with Crippen LogP contribution in [-0.4, -0.2) is 31.5 Å². The standard InChI is InChI=1S/C11H20N4OS/c1-5-7(2)6-13-10(16)8-9(12)14-11(17-8)15(3)4/h7H,5-6,12H2,1-4H3,(H,13,16). The molecule has 3 N–H and O–H groups in total. The summed E-state index contributed by atoms with van der Waals surface area (Å²) in [7, 11) is 3.75. The van der Waals surface area contributed by atoms with Crippen LogP contribution in [0.2, 0.25) is 0 Å². The molecule has 5 nitrogen and oxygen atoms in total. The lowest BCUT2D eigenvalue weighted by molar-refractivity contribution is 0.0952. The molecule has 17 heavy (non-hydrogen) atoms. The first-order chi connectivity index (χ1) is 7.95. The lowest BCUT2D eigenvalue weighted by Crippen LogP contribution is -2.27. The maximum absolute atomic E-state index is 11.9. The van der Waals surface area contributed by atoms with E-state index in [1.165, 1.54) is 11.3 Å². The Hall–Kier alpha value is -1.30. The summed E-state index contributed by atoms with van der Waals surface area (Å²) in [6.45, 7) is 4.87. The fourth-order valence-corrected chi connectivity index (χ4v) is 1.99. The second-order valence-corrected chi connectivity index (χ2v) is 5.31. The summed E-state index contributed by atoms with van der Waals surface area (Å²) in [5.74, 6) is 0.648. The van der Waals surface area contributed by atoms with Crippen LogP contribution < -0.4 is 16.0 Å². The molecule has 0 aliphatic carbocycles. The Morgan fingerprint density at radius 2 is 2.24 bits per heavy atom. The van der Waals surface area contributed by atoms with Gasteiger partial charge in [0.1, 0.15) is 10.7 Å². The molecule has 1 heterocycles. The molecule has 1 unspecified atom stereocenters. The Morgan fingerprint density at radius 3 is 2.71 bits per heavy atom. The predicted molar refractivity (Wildman–Crippen MR) is 72.6 cm³/mol. The third kappa shape index (κ3) is 3.59. The molecule has 0 aliphatic rings. The number of carbonyl (C=O) groups excluding carboxylic acids is 1. The molecule has 0 fully saturated rings. The van der Waals surface area contributed by atoms with Gasteiger partial charge in [-0.15, -0.1) is 0 Å². The van der Waals surface area contributed by atoms with Gasteiger partial charge in [-0.25, -0.2) is 4.98 Å². The van der Waals surface area contributed by atoms with Crippen LogP contribution in [0, 0.1) is 5.92 Å². The number of nitrogens with zero attached hydrogens (tertiary/aromatic N) is 2. The number of hydrogen-bond donors (Lipinski definition) is 2. The number of thiazole rings is 1. The second kappa shape index (κ2) is 5.86. The number of nitrogens with one attached hydrogen (secondary N) is 1. The van der Waals surface area contributed by atoms with E-state index in [-0.39, 0.29) is 5.91 Å². The number of aromatic nitrogens is 1. The summed E-state index contributed by atoms with van der Waals surface area (Å²) in [5, 5.41) is 3.62. The van der Waals surface area contributed by atoms with Gasteiger partial charge in [0.15, 0.2) is 5.13 Å². The Bertz CT molecular complexity index is 389. The quantitative estimate of drug-likeness (QED) is 0.839. The minimum absolute atomic E-state index is 0.131. The van der Waals surface area contributed by atoms with Crippen molar-refractivity contribution in [2.75, 3.05) is 31.3 Å². The minimum atomic E-state index is -0.131. The van der Waals surface area contributed by atoms with Crippen molar-refractivity contribution >= 4 is 28.2 Å². The van der Waals surface area contributed by atoms with Crippen molar-refractivity contribution in [2.45, 2.75) is 20.3 Å². The molecule has 0 saturated heterocycles. The highest BCUT2D eigenvalue weighted by molar-refractivity contribution is 7.18. The van der Waals surface area contributed by atoms with Crippen molar-refractivity contribution in [2.24, 2.45) is 5.92 Å². The smallest absolute Gasteiger partial charge is 0.265 e. The minimum Gasteiger partial charge on any atom is -0.382 e. The van der Waals surface area contributed by atoms with E-state index in [9.17, 15) is 4.79 Å². The Morgan fingerprint density at radius 1 is 1.59 bits per heavy atom. The Balaban J connectivity index is 2.69. The number of nitrogen functional groups attached to an aromatic ring is 1. The molecular weight excluding hydrogens is 236 g/mol. The van der Waals surface area contributed by atoms with Crippen LogP contribution in [0.1, 0.15) is 29.9 Å². The van der Waals surface area contributed by atoms with E-state index >= 15 is 0 Å². The van der Waals surface area contributed by atoms with E-state index in [4.69, 9.17) is 5.73 Å². The average molecular weight is 256 g/mol. The van der Waals surface area contributed by atoms with Gasteiger partial charge in [-0.2, -0.15) is 0 Å². The molecule has 6 heteroatoms. The highest BCUT2D eigenvalue weighted by atomic mass is 32.1. The maximum atomic E-state index is 11.9. The Kier molecular flexibility index (Phi) is 4.74. The largest absolute Gasteiger partial charge is 0.382 e. The molecule has 0 aromatic carbocycles. The number of carbonyl (C=O) groups is 1. The zero-order valence-corrected chi connectivity index (χ0v) is 11.6. The van der Waals surface area contributed by atoms with Gasteiger partial charge in [0.2, 0.25) is 0 Å². The molecular formula is C11H20N4OS. The zero-order valence-electron chi connectivity index (χ0n) is 10.8. The summed E-state index contributed by atoms with van der Waals surface area (Å²) in [5.41, 5.74) is 5.73. The number of anilines is 2. The summed E-state index contributed by atoms with van der Waals surface area (Å²) in [6, 6.07) is 0. The SMILES string of the molecule is CCC(C)CNC(=O)c1sc(N(C)C)nc1N. The first-order valence-corrected chi connectivity index (χ1v) is 6.49. The summed E-state index contributed by atoms with van der Waals surface area (Å²) < 4.78 is 0. The van der Waals surface area contributed by atoms with Gasteiger partial charge < -0.3 is 16.0 Å². The summed E-state index contributed by atoms with van der Waals surface area (Å²) in [6.07, 6.45) is 1.04. The predicted octanol–water partition coefficient (Wildman–Crippen LogP) is 1.57. The van der Waals surface area contributed by atoms with Crippen molar-refractivity contribution in [3.63, 3.8) is 0 Å². The van der Waals surface area contributed by atoms with E-state index in [1.807, 2.05) is 19.0 Å². The van der Waals surface area contributed by atoms with Crippen LogP contribution in [0.3, 0.4) is 0 Å². The van der Waals surface area contributed by atoms with E-state index in [0.717, 1.165) is 11.6 Å². The van der Waals surface area contributed by atoms with Crippen LogP contribution >= 0.6 is 11.3 Å². The lowest BCUT2D eigenvalue weighted by Gasteiger charge is -2.09. The maximum Gasteiger partial charge on any atom is 0.265 e. The van der Waals surface area contributed by atoms with E-state index in [1.54, 1.807) is 0 Å². The van der Waals surface area contributed by atoms with Gasteiger partial charge >= 0.3 is 0 Å². The van der Waals surface area contributed by atoms with Gasteiger partial charge in [0, 0.05) is 20.6 Å². The molecule has 1 atom stereocenters. The number of hydrogen-bond acceptors (Lipinski definition) is 5. The normalized spacial score (nSPS) is 12.2. The molecule has 0 aliphatic heterocycles. The van der Waals surface area contributed by atoms with E-state index in [0.29, 0.717) is 23.2 Å². The number of amides is 1. The van der Waals surface area contributed by atoms with Gasteiger partial charge in [-0.05, 0) is 5.92 Å². The second-order valence-electron chi connectivity index (χ2n) is 4.33. The van der Waals surface area contributed by atoms with Gasteiger partial charge in [-0.3, -0.25) is 4.79 Å². The number of rotatable bonds is 5. The molecule has 0 spiro atoms. The van der Waals surface area contributed by atoms with Crippen molar-refractivity contribution in [1.82, 2.24) is 10.3 Å². The van der Waals surface area contributed by atoms with Crippen LogP contribution in [0.4, 0.5) is 10.9 Å². The van der Waals surface area contributed by atoms with Gasteiger partial charge in [0.05, 0.1) is 0 Å². The molecule has 0 bridgehead atoms. The van der Waals surface area contributed by atoms with Crippen molar-refractivity contribution in [1.29, 1.82) is 0 Å². The molecule has 1 aromatic rings. The molecule has 1 rings (SSSR count). The molecule has 0 radical (unpaired) electrons. The van der Waals surface area contributed by atoms with Crippen LogP contribution in [0.5, 0.6) is 0 Å². The van der Waals surface area contributed by atoms with Crippen LogP contribution in [0.15, 0.2) is 0 Å². The summed E-state index contributed by atoms with van der Waals surface area (Å²) in [4.78, 5) is 18.4. The third-order valence-electron chi connectivity index (χ3n) is 2.54. The number of nitrogens with two attached hydrogens (primary N) is 1. The van der Waals surface area contributed by atoms with Crippen molar-refractivity contribution in [3.05, 3.63) is 4.88 Å². The van der Waals surface area contributed by atoms with Gasteiger partial charge in [-0.1, -0.05) is 31.6 Å². The fraction of sp³-hybridized carbons (Fsp3) is 0.636. The first kappa shape index (κ1) is 13.8. The zero-order chi connectivity index (χ0) is 13.0. The third-order valence-corrected chi connectivity index (χ3v) is 3.78. The van der Waals surface area contributed by atoms with Gasteiger partial charge in [0.25, 0.3) is 5.91 Å². The fourth-order valence-electron chi connectivity index (χ4n) is 1.17. The first-order valence-electron chi connectivity index (χ1n) is 5.67. The van der Waals surface area contributed by atoms with Crippen LogP contribution in [-0.2, 0) is 0 Å². The lowest BCUT2D eigenvalue weighted by atomic mass is 10.1. The van der Waals surface area contributed by atoms with Crippen LogP contribution in [0.25, 0.3) is 0 Å². The van der Waals surface area contributed by atoms with E-state index in [2.05, 4.69) is 24.1 Å². The highest BCUT2D eigenvalue weighted by Crippen LogP contribution is 2.26. The molecule has 1 amide bonds. The molecule has 0 saturated carbocycles. The summed E-state index contributed by atoms with van der Waals surface area (Å²) >= 11 is 1.31. The Labute approximate surface area is 106 Å². The highest BCUT2D eigenvalue weighted by Gasteiger charge is 2.17. The molecule has 96 valence electrons. The molecule has 1 aromatic heterocycles.